The minimum absolute atomic E-state index is 0. The molecule has 1 radical (unpaired) electrons. The number of aliphatic carboxylic acids is 1. The second-order valence-electron chi connectivity index (χ2n) is 11.4. The molecule has 3 N–H and O–H groups in total. The molecule has 161 valence electrons. The first kappa shape index (κ1) is 24.7. The quantitative estimate of drug-likeness (QED) is 0.586. The molecule has 0 aliphatic heterocycles. The molecule has 4 nitrogen and oxygen atoms in total. The largest absolute Gasteiger partial charge is 0.481 e. The summed E-state index contributed by atoms with van der Waals surface area (Å²) >= 11 is 0. The fourth-order valence-electron chi connectivity index (χ4n) is 8.73. The predicted molar refractivity (Wildman–Crippen MR) is 114 cm³/mol. The molecule has 0 bridgehead atoms. The first-order valence-electron chi connectivity index (χ1n) is 11.7. The van der Waals surface area contributed by atoms with Crippen molar-refractivity contribution in [1.29, 1.82) is 0 Å². The fraction of sp³-hybridized carbons (Fsp3) is 0.958. The molecule has 4 rings (SSSR count). The Balaban J connectivity index is 0.00000240. The zero-order valence-corrected chi connectivity index (χ0v) is 22.1. The molecular formula is C24H40KO4. The number of rotatable bonds is 4. The van der Waals surface area contributed by atoms with Crippen LogP contribution in [0.5, 0.6) is 0 Å². The number of carboxylic acid groups (broad SMARTS) is 1. The van der Waals surface area contributed by atoms with Gasteiger partial charge in [-0.05, 0) is 104 Å². The van der Waals surface area contributed by atoms with Gasteiger partial charge in [0.25, 0.3) is 0 Å². The van der Waals surface area contributed by atoms with E-state index in [1.54, 1.807) is 0 Å². The summed E-state index contributed by atoms with van der Waals surface area (Å²) < 4.78 is 0. The Bertz CT molecular complexity index is 612. The summed E-state index contributed by atoms with van der Waals surface area (Å²) in [7, 11) is 0. The van der Waals surface area contributed by atoms with Crippen molar-refractivity contribution in [2.45, 2.75) is 97.2 Å². The number of aliphatic hydroxyl groups excluding tert-OH is 2. The first-order valence-corrected chi connectivity index (χ1v) is 11.7. The molecule has 29 heavy (non-hydrogen) atoms. The number of fused-ring (bicyclic) bond motifs is 5. The van der Waals surface area contributed by atoms with Gasteiger partial charge in [0.1, 0.15) is 0 Å². The summed E-state index contributed by atoms with van der Waals surface area (Å²) in [6, 6.07) is 0. The van der Waals surface area contributed by atoms with E-state index in [4.69, 9.17) is 5.11 Å². The summed E-state index contributed by atoms with van der Waals surface area (Å²) in [5, 5.41) is 30.5. The average Bonchev–Trinajstić information content (AvgIpc) is 2.98. The van der Waals surface area contributed by atoms with Crippen molar-refractivity contribution in [3.05, 3.63) is 0 Å². The molecule has 0 unspecified atom stereocenters. The monoisotopic (exact) mass is 431 g/mol. The molecule has 5 heteroatoms. The SMILES string of the molecule is C[C@H](CCC(=O)O)[C@H]1CC[C@H]2[C@@H]3[C@H](O)C[C@@H]4C[C@H](O)CC[C@]4(C)[C@H]3CC[C@]12C.[K]. The molecular weight excluding hydrogens is 391 g/mol. The van der Waals surface area contributed by atoms with Crippen LogP contribution in [0.1, 0.15) is 85.0 Å². The molecule has 4 aliphatic rings. The summed E-state index contributed by atoms with van der Waals surface area (Å²) in [4.78, 5) is 11.1. The molecule has 4 saturated carbocycles. The minimum Gasteiger partial charge on any atom is -0.481 e. The van der Waals surface area contributed by atoms with E-state index >= 15 is 0 Å². The fourth-order valence-corrected chi connectivity index (χ4v) is 8.73. The Labute approximate surface area is 219 Å². The predicted octanol–water partition coefficient (Wildman–Crippen LogP) is 4.10. The van der Waals surface area contributed by atoms with E-state index in [1.165, 1.54) is 25.7 Å². The number of hydrogen-bond donors (Lipinski definition) is 3. The van der Waals surface area contributed by atoms with Crippen LogP contribution in [0.25, 0.3) is 0 Å². The van der Waals surface area contributed by atoms with Gasteiger partial charge in [-0.15, -0.1) is 0 Å². The van der Waals surface area contributed by atoms with Gasteiger partial charge in [-0.2, -0.15) is 0 Å². The van der Waals surface area contributed by atoms with E-state index in [-0.39, 0.29) is 80.8 Å². The van der Waals surface area contributed by atoms with Crippen molar-refractivity contribution in [2.75, 3.05) is 0 Å². The van der Waals surface area contributed by atoms with Crippen LogP contribution in [0.15, 0.2) is 0 Å². The van der Waals surface area contributed by atoms with E-state index in [9.17, 15) is 15.0 Å². The summed E-state index contributed by atoms with van der Waals surface area (Å²) in [6.07, 6.45) is 9.19. The van der Waals surface area contributed by atoms with Crippen LogP contribution in [0, 0.1) is 46.3 Å². The third-order valence-corrected chi connectivity index (χ3v) is 10.2. The van der Waals surface area contributed by atoms with Crippen LogP contribution in [-0.2, 0) is 4.79 Å². The molecule has 4 aliphatic carbocycles. The van der Waals surface area contributed by atoms with Crippen LogP contribution in [0.2, 0.25) is 0 Å². The smallest absolute Gasteiger partial charge is 0.303 e. The summed E-state index contributed by atoms with van der Waals surface area (Å²) in [6.45, 7) is 7.16. The maximum absolute atomic E-state index is 11.2. The van der Waals surface area contributed by atoms with Gasteiger partial charge < -0.3 is 15.3 Å². The average molecular weight is 432 g/mol. The van der Waals surface area contributed by atoms with Crippen LogP contribution in [0.3, 0.4) is 0 Å². The van der Waals surface area contributed by atoms with Crippen molar-refractivity contribution < 1.29 is 20.1 Å². The van der Waals surface area contributed by atoms with Gasteiger partial charge in [0.05, 0.1) is 12.2 Å². The third kappa shape index (κ3) is 4.20. The Morgan fingerprint density at radius 2 is 1.66 bits per heavy atom. The van der Waals surface area contributed by atoms with Crippen molar-refractivity contribution in [3.63, 3.8) is 0 Å². The Kier molecular flexibility index (Phi) is 7.75. The van der Waals surface area contributed by atoms with Crippen LogP contribution >= 0.6 is 0 Å². The van der Waals surface area contributed by atoms with Crippen molar-refractivity contribution in [3.8, 4) is 0 Å². The molecule has 0 aromatic heterocycles. The Morgan fingerprint density at radius 3 is 2.34 bits per heavy atom. The second kappa shape index (κ2) is 9.11. The van der Waals surface area contributed by atoms with Gasteiger partial charge in [0.15, 0.2) is 0 Å². The van der Waals surface area contributed by atoms with Gasteiger partial charge in [0.2, 0.25) is 0 Å². The molecule has 4 fully saturated rings. The van der Waals surface area contributed by atoms with Gasteiger partial charge in [-0.25, -0.2) is 0 Å². The number of carboxylic acids is 1. The number of aliphatic hydroxyl groups is 2. The zero-order chi connectivity index (χ0) is 20.3. The van der Waals surface area contributed by atoms with Crippen molar-refractivity contribution in [2.24, 2.45) is 46.3 Å². The van der Waals surface area contributed by atoms with E-state index in [0.717, 1.165) is 32.1 Å². The minimum atomic E-state index is -0.684. The van der Waals surface area contributed by atoms with E-state index in [2.05, 4.69) is 20.8 Å². The molecule has 0 spiro atoms. The molecule has 0 amide bonds. The normalized spacial score (nSPS) is 49.9. The summed E-state index contributed by atoms with van der Waals surface area (Å²) in [5.41, 5.74) is 0.523. The Morgan fingerprint density at radius 1 is 1.00 bits per heavy atom. The van der Waals surface area contributed by atoms with E-state index in [0.29, 0.717) is 35.5 Å². The van der Waals surface area contributed by atoms with Crippen LogP contribution in [-0.4, -0.2) is 84.9 Å². The first-order chi connectivity index (χ1) is 13.2. The van der Waals surface area contributed by atoms with Crippen molar-refractivity contribution in [1.82, 2.24) is 0 Å². The maximum Gasteiger partial charge on any atom is 0.303 e. The van der Waals surface area contributed by atoms with Crippen molar-refractivity contribution >= 4 is 57.4 Å². The number of hydrogen-bond acceptors (Lipinski definition) is 3. The maximum atomic E-state index is 11.2. The number of carbonyl (C=O) groups is 1. The van der Waals surface area contributed by atoms with E-state index < -0.39 is 5.97 Å². The summed E-state index contributed by atoms with van der Waals surface area (Å²) in [5.74, 6) is 2.36. The standard InChI is InChI=1S/C24H40O4.K/c1-14(4-7-21(27)28)17-5-6-18-22-19(9-11-24(17,18)3)23(2)10-8-16(25)12-15(23)13-20(22)26;/h14-20,22,25-26H,4-13H2,1-3H3,(H,27,28);/t14-,15+,16-,17-,18+,19+,20-,22+,23+,24-;/m1./s1. The zero-order valence-electron chi connectivity index (χ0n) is 18.9. The molecule has 0 heterocycles. The van der Waals surface area contributed by atoms with Crippen LogP contribution < -0.4 is 0 Å². The topological polar surface area (TPSA) is 77.8 Å². The van der Waals surface area contributed by atoms with Crippen LogP contribution in [0.4, 0.5) is 0 Å². The van der Waals surface area contributed by atoms with Gasteiger partial charge in [-0.3, -0.25) is 4.79 Å². The Hall–Kier alpha value is 1.03. The second-order valence-corrected chi connectivity index (χ2v) is 11.4. The molecule has 0 saturated heterocycles. The molecule has 0 aromatic carbocycles. The van der Waals surface area contributed by atoms with E-state index in [1.807, 2.05) is 0 Å². The molecule has 10 atom stereocenters. The van der Waals surface area contributed by atoms with Gasteiger partial charge in [0, 0.05) is 57.8 Å². The molecule has 0 aromatic rings. The third-order valence-electron chi connectivity index (χ3n) is 10.2. The van der Waals surface area contributed by atoms with Gasteiger partial charge >= 0.3 is 5.97 Å². The van der Waals surface area contributed by atoms with Gasteiger partial charge in [-0.1, -0.05) is 20.8 Å².